The number of halogens is 3. The van der Waals surface area contributed by atoms with Crippen molar-refractivity contribution in [2.24, 2.45) is 4.99 Å². The number of pyridine rings is 1. The molecule has 1 aliphatic rings. The van der Waals surface area contributed by atoms with Crippen LogP contribution in [0, 0.1) is 0 Å². The molecule has 2 rings (SSSR count). The van der Waals surface area contributed by atoms with Crippen molar-refractivity contribution in [3.8, 4) is 0 Å². The van der Waals surface area contributed by atoms with E-state index >= 15 is 0 Å². The molecule has 0 saturated carbocycles. The number of hydrogen-bond acceptors (Lipinski definition) is 3. The lowest BCUT2D eigenvalue weighted by atomic mass is 10.4. The number of aromatic nitrogens is 1. The fourth-order valence-corrected chi connectivity index (χ4v) is 2.61. The molecule has 0 spiro atoms. The van der Waals surface area contributed by atoms with Crippen LogP contribution in [0.3, 0.4) is 0 Å². The minimum Gasteiger partial charge on any atom is -0.367 e. The van der Waals surface area contributed by atoms with E-state index in [9.17, 15) is 0 Å². The second-order valence-electron chi connectivity index (χ2n) is 4.58. The highest BCUT2D eigenvalue weighted by atomic mass is 127. The van der Waals surface area contributed by atoms with Gasteiger partial charge in [0.1, 0.15) is 5.82 Å². The second-order valence-corrected chi connectivity index (χ2v) is 5.42. The Morgan fingerprint density at radius 2 is 2.05 bits per heavy atom. The Bertz CT molecular complexity index is 478. The summed E-state index contributed by atoms with van der Waals surface area (Å²) in [5.74, 6) is 1.61. The van der Waals surface area contributed by atoms with Gasteiger partial charge in [-0.05, 0) is 18.9 Å². The molecule has 0 amide bonds. The standard InChI is InChI=1S/C13H19Cl2N5.HI/c1-16-13(20-6-2-3-7-20)18-5-4-17-12-11(15)8-10(14)9-19-12;/h8-9H,2-7H2,1H3,(H,16,18)(H,17,19);1H. The first kappa shape index (κ1) is 18.6. The van der Waals surface area contributed by atoms with Gasteiger partial charge in [-0.25, -0.2) is 4.98 Å². The van der Waals surface area contributed by atoms with E-state index in [1.165, 1.54) is 12.8 Å². The van der Waals surface area contributed by atoms with Gasteiger partial charge in [0.15, 0.2) is 5.96 Å². The number of rotatable bonds is 4. The van der Waals surface area contributed by atoms with Crippen molar-refractivity contribution in [2.75, 3.05) is 38.5 Å². The van der Waals surface area contributed by atoms with E-state index in [1.54, 1.807) is 12.3 Å². The van der Waals surface area contributed by atoms with Gasteiger partial charge in [0.2, 0.25) is 0 Å². The van der Waals surface area contributed by atoms with Crippen LogP contribution in [0.25, 0.3) is 0 Å². The minimum atomic E-state index is 0. The van der Waals surface area contributed by atoms with Gasteiger partial charge in [-0.1, -0.05) is 23.2 Å². The van der Waals surface area contributed by atoms with Crippen molar-refractivity contribution in [3.05, 3.63) is 22.3 Å². The van der Waals surface area contributed by atoms with Crippen LogP contribution >= 0.6 is 47.2 Å². The highest BCUT2D eigenvalue weighted by molar-refractivity contribution is 14.0. The van der Waals surface area contributed by atoms with E-state index in [-0.39, 0.29) is 24.0 Å². The lowest BCUT2D eigenvalue weighted by Gasteiger charge is -2.20. The topological polar surface area (TPSA) is 52.6 Å². The quantitative estimate of drug-likeness (QED) is 0.325. The predicted molar refractivity (Wildman–Crippen MR) is 100 cm³/mol. The van der Waals surface area contributed by atoms with Gasteiger partial charge < -0.3 is 15.5 Å². The lowest BCUT2D eigenvalue weighted by Crippen LogP contribution is -2.41. The molecular weight excluding hydrogens is 424 g/mol. The van der Waals surface area contributed by atoms with E-state index in [0.29, 0.717) is 22.4 Å². The second kappa shape index (κ2) is 9.53. The van der Waals surface area contributed by atoms with Crippen molar-refractivity contribution in [1.29, 1.82) is 0 Å². The maximum atomic E-state index is 6.04. The molecule has 0 unspecified atom stereocenters. The Hall–Kier alpha value is -0.470. The molecule has 2 heterocycles. The molecule has 0 aliphatic carbocycles. The molecule has 21 heavy (non-hydrogen) atoms. The van der Waals surface area contributed by atoms with Crippen LogP contribution in [0.1, 0.15) is 12.8 Å². The summed E-state index contributed by atoms with van der Waals surface area (Å²) in [5.41, 5.74) is 0. The maximum absolute atomic E-state index is 6.04. The fourth-order valence-electron chi connectivity index (χ4n) is 2.16. The maximum Gasteiger partial charge on any atom is 0.193 e. The summed E-state index contributed by atoms with van der Waals surface area (Å²) >= 11 is 11.8. The van der Waals surface area contributed by atoms with Crippen LogP contribution in [0.15, 0.2) is 17.3 Å². The van der Waals surface area contributed by atoms with E-state index in [0.717, 1.165) is 25.6 Å². The predicted octanol–water partition coefficient (Wildman–Crippen LogP) is 3.09. The first-order valence-corrected chi connectivity index (χ1v) is 7.47. The molecule has 0 bridgehead atoms. The van der Waals surface area contributed by atoms with E-state index in [1.807, 2.05) is 7.05 Å². The van der Waals surface area contributed by atoms with Crippen LogP contribution in [-0.4, -0.2) is 49.1 Å². The third-order valence-corrected chi connectivity index (χ3v) is 3.62. The minimum absolute atomic E-state index is 0. The first-order valence-electron chi connectivity index (χ1n) is 6.71. The molecule has 118 valence electrons. The lowest BCUT2D eigenvalue weighted by molar-refractivity contribution is 0.495. The molecule has 1 aliphatic heterocycles. The van der Waals surface area contributed by atoms with Crippen molar-refractivity contribution in [2.45, 2.75) is 12.8 Å². The molecule has 1 fully saturated rings. The summed E-state index contributed by atoms with van der Waals surface area (Å²) in [6.07, 6.45) is 4.05. The number of hydrogen-bond donors (Lipinski definition) is 2. The van der Waals surface area contributed by atoms with E-state index < -0.39 is 0 Å². The average Bonchev–Trinajstić information content (AvgIpc) is 2.95. The summed E-state index contributed by atoms with van der Waals surface area (Å²) in [6, 6.07) is 1.68. The number of aliphatic imine (C=N–C) groups is 1. The Morgan fingerprint density at radius 1 is 1.33 bits per heavy atom. The van der Waals surface area contributed by atoms with Gasteiger partial charge in [-0.3, -0.25) is 4.99 Å². The number of guanidine groups is 1. The normalized spacial score (nSPS) is 14.8. The molecule has 0 radical (unpaired) electrons. The van der Waals surface area contributed by atoms with Crippen LogP contribution in [0.4, 0.5) is 5.82 Å². The molecule has 5 nitrogen and oxygen atoms in total. The molecule has 1 aromatic rings. The Kier molecular flexibility index (Phi) is 8.43. The zero-order chi connectivity index (χ0) is 14.4. The third kappa shape index (κ3) is 5.67. The van der Waals surface area contributed by atoms with Gasteiger partial charge in [-0.2, -0.15) is 0 Å². The van der Waals surface area contributed by atoms with Gasteiger partial charge in [0, 0.05) is 39.4 Å². The molecule has 1 aromatic heterocycles. The van der Waals surface area contributed by atoms with Gasteiger partial charge in [-0.15, -0.1) is 24.0 Å². The monoisotopic (exact) mass is 443 g/mol. The average molecular weight is 444 g/mol. The van der Waals surface area contributed by atoms with Crippen LogP contribution in [0.2, 0.25) is 10.0 Å². The summed E-state index contributed by atoms with van der Waals surface area (Å²) in [6.45, 7) is 3.63. The molecule has 0 atom stereocenters. The molecule has 0 aromatic carbocycles. The fraction of sp³-hybridized carbons (Fsp3) is 0.538. The number of likely N-dealkylation sites (tertiary alicyclic amines) is 1. The van der Waals surface area contributed by atoms with Crippen molar-refractivity contribution < 1.29 is 0 Å². The van der Waals surface area contributed by atoms with Crippen molar-refractivity contribution >= 4 is 59.0 Å². The smallest absolute Gasteiger partial charge is 0.193 e. The van der Waals surface area contributed by atoms with Gasteiger partial charge >= 0.3 is 0 Å². The molecule has 1 saturated heterocycles. The zero-order valence-electron chi connectivity index (χ0n) is 11.9. The highest BCUT2D eigenvalue weighted by Crippen LogP contribution is 2.21. The number of nitrogens with one attached hydrogen (secondary N) is 2. The van der Waals surface area contributed by atoms with Crippen LogP contribution in [-0.2, 0) is 0 Å². The van der Waals surface area contributed by atoms with Crippen LogP contribution < -0.4 is 10.6 Å². The summed E-state index contributed by atoms with van der Waals surface area (Å²) < 4.78 is 0. The summed E-state index contributed by atoms with van der Waals surface area (Å²) in [5, 5.41) is 7.57. The molecule has 8 heteroatoms. The zero-order valence-corrected chi connectivity index (χ0v) is 15.7. The van der Waals surface area contributed by atoms with Crippen molar-refractivity contribution in [3.63, 3.8) is 0 Å². The van der Waals surface area contributed by atoms with Gasteiger partial charge in [0.05, 0.1) is 10.0 Å². The highest BCUT2D eigenvalue weighted by Gasteiger charge is 2.14. The third-order valence-electron chi connectivity index (χ3n) is 3.13. The SMILES string of the molecule is CN=C(NCCNc1ncc(Cl)cc1Cl)N1CCCC1.I. The van der Waals surface area contributed by atoms with E-state index in [4.69, 9.17) is 23.2 Å². The molecular formula is C13H20Cl2IN5. The summed E-state index contributed by atoms with van der Waals surface area (Å²) in [4.78, 5) is 10.7. The summed E-state index contributed by atoms with van der Waals surface area (Å²) in [7, 11) is 1.81. The first-order chi connectivity index (χ1) is 9.70. The Balaban J connectivity index is 0.00000220. The Morgan fingerprint density at radius 3 is 2.67 bits per heavy atom. The van der Waals surface area contributed by atoms with Crippen molar-refractivity contribution in [1.82, 2.24) is 15.2 Å². The molecule has 2 N–H and O–H groups in total. The largest absolute Gasteiger partial charge is 0.367 e. The van der Waals surface area contributed by atoms with Crippen LogP contribution in [0.5, 0.6) is 0 Å². The Labute approximate surface area is 152 Å². The number of anilines is 1. The van der Waals surface area contributed by atoms with E-state index in [2.05, 4.69) is 25.5 Å². The van der Waals surface area contributed by atoms with Gasteiger partial charge in [0.25, 0.3) is 0 Å². The number of nitrogens with zero attached hydrogens (tertiary/aromatic N) is 3.